The van der Waals surface area contributed by atoms with Crippen LogP contribution >= 0.6 is 0 Å². The van der Waals surface area contributed by atoms with Gasteiger partial charge >= 0.3 is 0 Å². The van der Waals surface area contributed by atoms with Crippen molar-refractivity contribution < 1.29 is 4.39 Å². The lowest BCUT2D eigenvalue weighted by Gasteiger charge is -2.14. The van der Waals surface area contributed by atoms with Crippen LogP contribution in [0.2, 0.25) is 0 Å². The number of hydrogen-bond acceptors (Lipinski definition) is 4. The minimum absolute atomic E-state index is 0.107. The molecular weight excluding hydrogens is 359 g/mol. The van der Waals surface area contributed by atoms with E-state index in [1.807, 2.05) is 6.07 Å². The number of rotatable bonds is 2. The Morgan fingerprint density at radius 3 is 2.39 bits per heavy atom. The van der Waals surface area contributed by atoms with Crippen molar-refractivity contribution in [3.8, 4) is 22.9 Å². The third-order valence-electron chi connectivity index (χ3n) is 4.41. The highest BCUT2D eigenvalue weighted by molar-refractivity contribution is 5.95. The maximum Gasteiger partial charge on any atom is 0.275 e. The Morgan fingerprint density at radius 1 is 1.07 bits per heavy atom. The van der Waals surface area contributed by atoms with Gasteiger partial charge in [0.05, 0.1) is 11.1 Å². The zero-order valence-electron chi connectivity index (χ0n) is 14.7. The third-order valence-corrected chi connectivity index (χ3v) is 4.41. The molecule has 0 saturated carbocycles. The number of aromatic nitrogens is 3. The molecule has 2 heterocycles. The summed E-state index contributed by atoms with van der Waals surface area (Å²) in [6, 6.07) is 15.9. The van der Waals surface area contributed by atoms with Gasteiger partial charge in [0.2, 0.25) is 0 Å². The van der Waals surface area contributed by atoms with E-state index in [0.717, 1.165) is 0 Å². The van der Waals surface area contributed by atoms with Gasteiger partial charge in [-0.15, -0.1) is 0 Å². The van der Waals surface area contributed by atoms with Crippen LogP contribution in [0.3, 0.4) is 0 Å². The number of aryl methyl sites for hydroxylation is 1. The highest BCUT2D eigenvalue weighted by Crippen LogP contribution is 2.28. The molecule has 0 fully saturated rings. The molecule has 0 bridgehead atoms. The van der Waals surface area contributed by atoms with Crippen LogP contribution in [-0.4, -0.2) is 14.5 Å². The summed E-state index contributed by atoms with van der Waals surface area (Å²) in [7, 11) is 0. The number of H-pyrrole nitrogens is 1. The number of aromatic amines is 1. The van der Waals surface area contributed by atoms with Crippen molar-refractivity contribution >= 4 is 11.0 Å². The van der Waals surface area contributed by atoms with E-state index in [2.05, 4.69) is 9.97 Å². The van der Waals surface area contributed by atoms with Gasteiger partial charge in [0.25, 0.3) is 11.1 Å². The van der Waals surface area contributed by atoms with E-state index in [4.69, 9.17) is 0 Å². The Morgan fingerprint density at radius 2 is 1.75 bits per heavy atom. The van der Waals surface area contributed by atoms with Crippen molar-refractivity contribution in [1.82, 2.24) is 14.5 Å². The first kappa shape index (κ1) is 17.4. The SMILES string of the molecule is Cc1nc2c(c(-c3ccccc3)c(C#N)c(=O)n2-c2ccc(F)cc2)c(=O)[nH]1. The Labute approximate surface area is 158 Å². The van der Waals surface area contributed by atoms with Crippen LogP contribution in [0.4, 0.5) is 4.39 Å². The van der Waals surface area contributed by atoms with Crippen LogP contribution in [0.25, 0.3) is 27.8 Å². The van der Waals surface area contributed by atoms with Gasteiger partial charge in [-0.1, -0.05) is 30.3 Å². The van der Waals surface area contributed by atoms with Gasteiger partial charge in [0.1, 0.15) is 23.3 Å². The molecule has 28 heavy (non-hydrogen) atoms. The molecule has 0 aliphatic carbocycles. The zero-order valence-corrected chi connectivity index (χ0v) is 14.7. The van der Waals surface area contributed by atoms with Crippen molar-refractivity contribution in [2.45, 2.75) is 6.92 Å². The van der Waals surface area contributed by atoms with Crippen LogP contribution in [0.15, 0.2) is 64.2 Å². The lowest BCUT2D eigenvalue weighted by atomic mass is 9.98. The third kappa shape index (κ3) is 2.68. The monoisotopic (exact) mass is 372 g/mol. The molecule has 1 N–H and O–H groups in total. The minimum atomic E-state index is -0.627. The molecule has 0 aliphatic heterocycles. The molecule has 0 amide bonds. The number of pyridine rings is 1. The molecule has 0 spiro atoms. The Hall–Kier alpha value is -4.05. The van der Waals surface area contributed by atoms with E-state index >= 15 is 0 Å². The molecule has 0 aliphatic rings. The summed E-state index contributed by atoms with van der Waals surface area (Å²) >= 11 is 0. The normalized spacial score (nSPS) is 10.8. The van der Waals surface area contributed by atoms with Crippen LogP contribution in [0, 0.1) is 24.1 Å². The first-order valence-corrected chi connectivity index (χ1v) is 8.42. The van der Waals surface area contributed by atoms with E-state index in [1.165, 1.54) is 28.8 Å². The fraction of sp³-hybridized carbons (Fsp3) is 0.0476. The largest absolute Gasteiger partial charge is 0.310 e. The fourth-order valence-corrected chi connectivity index (χ4v) is 3.23. The number of hydrogen-bond donors (Lipinski definition) is 1. The Kier molecular flexibility index (Phi) is 4.09. The summed E-state index contributed by atoms with van der Waals surface area (Å²) in [6.45, 7) is 1.60. The first-order valence-electron chi connectivity index (χ1n) is 8.42. The van der Waals surface area contributed by atoms with Crippen LogP contribution in [0.5, 0.6) is 0 Å². The van der Waals surface area contributed by atoms with Crippen molar-refractivity contribution in [2.75, 3.05) is 0 Å². The number of fused-ring (bicyclic) bond motifs is 1. The Balaban J connectivity index is 2.27. The summed E-state index contributed by atoms with van der Waals surface area (Å²) in [5, 5.41) is 9.85. The molecule has 2 aromatic heterocycles. The average Bonchev–Trinajstić information content (AvgIpc) is 2.68. The molecule has 2 aromatic carbocycles. The molecule has 136 valence electrons. The van der Waals surface area contributed by atoms with Crippen molar-refractivity contribution in [1.29, 1.82) is 5.26 Å². The summed E-state index contributed by atoms with van der Waals surface area (Å²) in [6.07, 6.45) is 0. The van der Waals surface area contributed by atoms with Crippen LogP contribution in [0.1, 0.15) is 11.4 Å². The maximum absolute atomic E-state index is 13.4. The van der Waals surface area contributed by atoms with Gasteiger partial charge in [0.15, 0.2) is 5.65 Å². The first-order chi connectivity index (χ1) is 13.5. The smallest absolute Gasteiger partial charge is 0.275 e. The molecule has 0 saturated heterocycles. The average molecular weight is 372 g/mol. The van der Waals surface area contributed by atoms with E-state index in [1.54, 1.807) is 37.3 Å². The molecule has 0 atom stereocenters. The molecule has 4 rings (SSSR count). The van der Waals surface area contributed by atoms with Crippen LogP contribution in [-0.2, 0) is 0 Å². The van der Waals surface area contributed by atoms with Gasteiger partial charge in [-0.25, -0.2) is 9.37 Å². The van der Waals surface area contributed by atoms with E-state index < -0.39 is 16.9 Å². The highest BCUT2D eigenvalue weighted by atomic mass is 19.1. The van der Waals surface area contributed by atoms with Gasteiger partial charge < -0.3 is 4.98 Å². The topological polar surface area (TPSA) is 91.5 Å². The maximum atomic E-state index is 13.4. The van der Waals surface area contributed by atoms with Gasteiger partial charge in [-0.3, -0.25) is 14.2 Å². The Bertz CT molecular complexity index is 1360. The van der Waals surface area contributed by atoms with Crippen LogP contribution < -0.4 is 11.1 Å². The van der Waals surface area contributed by atoms with Gasteiger partial charge in [-0.2, -0.15) is 5.26 Å². The summed E-state index contributed by atoms with van der Waals surface area (Å²) in [5.74, 6) is -0.152. The number of nitrogens with zero attached hydrogens (tertiary/aromatic N) is 3. The number of halogens is 1. The number of nitrogens with one attached hydrogen (secondary N) is 1. The van der Waals surface area contributed by atoms with Crippen molar-refractivity contribution in [2.24, 2.45) is 0 Å². The van der Waals surface area contributed by atoms with Gasteiger partial charge in [0, 0.05) is 5.56 Å². The van der Waals surface area contributed by atoms with Crippen molar-refractivity contribution in [3.63, 3.8) is 0 Å². The van der Waals surface area contributed by atoms with Crippen molar-refractivity contribution in [3.05, 3.63) is 92.5 Å². The van der Waals surface area contributed by atoms with E-state index in [-0.39, 0.29) is 22.2 Å². The quantitative estimate of drug-likeness (QED) is 0.585. The molecular formula is C21H13FN4O2. The fourth-order valence-electron chi connectivity index (χ4n) is 3.23. The van der Waals surface area contributed by atoms with E-state index in [9.17, 15) is 19.2 Å². The second-order valence-electron chi connectivity index (χ2n) is 6.19. The predicted molar refractivity (Wildman–Crippen MR) is 103 cm³/mol. The second kappa shape index (κ2) is 6.59. The zero-order chi connectivity index (χ0) is 19.8. The molecule has 4 aromatic rings. The summed E-state index contributed by atoms with van der Waals surface area (Å²) < 4.78 is 14.5. The molecule has 0 unspecified atom stereocenters. The second-order valence-corrected chi connectivity index (χ2v) is 6.19. The summed E-state index contributed by atoms with van der Waals surface area (Å²) in [5.41, 5.74) is -0.0645. The standard InChI is InChI=1S/C21H13FN4O2/c1-12-24-19-18(20(27)25-12)17(13-5-3-2-4-6-13)16(11-23)21(28)26(19)15-9-7-14(22)8-10-15/h2-10H,1H3,(H,24,25,27). The lowest BCUT2D eigenvalue weighted by molar-refractivity contribution is 0.627. The molecule has 6 nitrogen and oxygen atoms in total. The number of nitriles is 1. The minimum Gasteiger partial charge on any atom is -0.310 e. The summed E-state index contributed by atoms with van der Waals surface area (Å²) in [4.78, 5) is 33.0. The number of benzene rings is 2. The van der Waals surface area contributed by atoms with Gasteiger partial charge in [-0.05, 0) is 36.8 Å². The predicted octanol–water partition coefficient (Wildman–Crippen LogP) is 3.06. The van der Waals surface area contributed by atoms with E-state index in [0.29, 0.717) is 17.1 Å². The highest BCUT2D eigenvalue weighted by Gasteiger charge is 2.22. The molecule has 7 heteroatoms. The lowest BCUT2D eigenvalue weighted by Crippen LogP contribution is -2.27. The molecule has 0 radical (unpaired) electrons.